The van der Waals surface area contributed by atoms with Crippen molar-refractivity contribution in [2.45, 2.75) is 0 Å². The van der Waals surface area contributed by atoms with Gasteiger partial charge in [0.15, 0.2) is 7.14 Å². The Bertz CT molecular complexity index is 1330. The molecule has 4 aromatic rings. The van der Waals surface area contributed by atoms with Gasteiger partial charge in [-0.3, -0.25) is 0 Å². The maximum absolute atomic E-state index is 14.9. The Balaban J connectivity index is 1.83. The molecular formula is C22H12ClO3P. The van der Waals surface area contributed by atoms with Gasteiger partial charge in [-0.05, 0) is 41.1 Å². The van der Waals surface area contributed by atoms with Gasteiger partial charge < -0.3 is 14.0 Å². The summed E-state index contributed by atoms with van der Waals surface area (Å²) >= 11 is 6.19. The molecule has 0 fully saturated rings. The highest BCUT2D eigenvalue weighted by Crippen LogP contribution is 2.59. The molecule has 0 N–H and O–H groups in total. The highest BCUT2D eigenvalue weighted by Gasteiger charge is 2.47. The number of rotatable bonds is 0. The van der Waals surface area contributed by atoms with E-state index in [1.54, 1.807) is 12.1 Å². The van der Waals surface area contributed by atoms with Crippen LogP contribution >= 0.6 is 18.7 Å². The molecule has 1 unspecified atom stereocenters. The zero-order valence-electron chi connectivity index (χ0n) is 14.0. The summed E-state index contributed by atoms with van der Waals surface area (Å²) in [7, 11) is -3.19. The lowest BCUT2D eigenvalue weighted by atomic mass is 10.1. The van der Waals surface area contributed by atoms with Gasteiger partial charge in [0, 0.05) is 11.1 Å². The summed E-state index contributed by atoms with van der Waals surface area (Å²) in [5.41, 5.74) is 0. The lowest BCUT2D eigenvalue weighted by molar-refractivity contribution is 0.462. The van der Waals surface area contributed by atoms with Crippen LogP contribution in [0.1, 0.15) is 0 Å². The maximum atomic E-state index is 14.9. The lowest BCUT2D eigenvalue weighted by Gasteiger charge is -2.35. The zero-order chi connectivity index (χ0) is 18.2. The van der Waals surface area contributed by atoms with E-state index in [0.717, 1.165) is 16.1 Å². The van der Waals surface area contributed by atoms with Gasteiger partial charge in [-0.25, -0.2) is 0 Å². The molecule has 0 aromatic heterocycles. The first-order valence-corrected chi connectivity index (χ1v) is 10.7. The fourth-order valence-corrected chi connectivity index (χ4v) is 7.45. The quantitative estimate of drug-likeness (QED) is 0.328. The molecular weight excluding hydrogens is 379 g/mol. The second-order valence-electron chi connectivity index (χ2n) is 6.66. The second kappa shape index (κ2) is 5.16. The van der Waals surface area contributed by atoms with Crippen molar-refractivity contribution in [2.75, 3.05) is 0 Å². The second-order valence-corrected chi connectivity index (χ2v) is 9.69. The summed E-state index contributed by atoms with van der Waals surface area (Å²) < 4.78 is 27.1. The Kier molecular flexibility index (Phi) is 2.93. The third-order valence-corrected chi connectivity index (χ3v) is 8.60. The van der Waals surface area contributed by atoms with E-state index in [1.807, 2.05) is 60.7 Å². The molecule has 0 saturated carbocycles. The first-order valence-electron chi connectivity index (χ1n) is 8.58. The van der Waals surface area contributed by atoms with Crippen LogP contribution in [0.15, 0.2) is 72.8 Å². The summed E-state index contributed by atoms with van der Waals surface area (Å²) in [6.07, 6.45) is 0. The average Bonchev–Trinajstić information content (AvgIpc) is 2.67. The minimum Gasteiger partial charge on any atom is -0.456 e. The Morgan fingerprint density at radius 2 is 1.44 bits per heavy atom. The van der Waals surface area contributed by atoms with Crippen LogP contribution in [-0.4, -0.2) is 0 Å². The average molecular weight is 391 g/mol. The number of hydrogen-bond donors (Lipinski definition) is 0. The molecule has 1 atom stereocenters. The van der Waals surface area contributed by atoms with Crippen molar-refractivity contribution in [3.8, 4) is 23.0 Å². The molecule has 0 amide bonds. The fourth-order valence-electron chi connectivity index (χ4n) is 4.04. The smallest absolute Gasteiger partial charge is 0.186 e. The molecule has 0 aliphatic carbocycles. The van der Waals surface area contributed by atoms with Gasteiger partial charge in [0.25, 0.3) is 0 Å². The minimum atomic E-state index is -3.19. The molecule has 6 rings (SSSR count). The van der Waals surface area contributed by atoms with Crippen LogP contribution < -0.4 is 25.4 Å². The summed E-state index contributed by atoms with van der Waals surface area (Å²) in [5.74, 6) is 2.31. The number of halogens is 1. The SMILES string of the molecule is O=P12c3ccc(Cl)cc3Oc3cccc(c31)Oc1ccc3ccccc3c12. The monoisotopic (exact) mass is 390 g/mol. The van der Waals surface area contributed by atoms with Crippen molar-refractivity contribution in [3.63, 3.8) is 0 Å². The van der Waals surface area contributed by atoms with Crippen molar-refractivity contribution >= 4 is 45.4 Å². The molecule has 2 heterocycles. The molecule has 5 heteroatoms. The molecule has 2 aliphatic heterocycles. The van der Waals surface area contributed by atoms with E-state index in [0.29, 0.717) is 38.6 Å². The van der Waals surface area contributed by atoms with Crippen molar-refractivity contribution in [1.29, 1.82) is 0 Å². The van der Waals surface area contributed by atoms with E-state index in [-0.39, 0.29) is 0 Å². The fraction of sp³-hybridized carbons (Fsp3) is 0. The van der Waals surface area contributed by atoms with E-state index in [9.17, 15) is 4.57 Å². The van der Waals surface area contributed by atoms with Crippen LogP contribution in [0.5, 0.6) is 23.0 Å². The summed E-state index contributed by atoms with van der Waals surface area (Å²) in [6, 6.07) is 22.7. The number of benzene rings is 4. The summed E-state index contributed by atoms with van der Waals surface area (Å²) in [5, 5.41) is 4.52. The van der Waals surface area contributed by atoms with Crippen molar-refractivity contribution in [2.24, 2.45) is 0 Å². The van der Waals surface area contributed by atoms with Crippen LogP contribution in [0.4, 0.5) is 0 Å². The van der Waals surface area contributed by atoms with Gasteiger partial charge in [0.2, 0.25) is 0 Å². The van der Waals surface area contributed by atoms with Crippen LogP contribution in [0.3, 0.4) is 0 Å². The largest absolute Gasteiger partial charge is 0.456 e. The van der Waals surface area contributed by atoms with Gasteiger partial charge in [-0.1, -0.05) is 48.0 Å². The molecule has 27 heavy (non-hydrogen) atoms. The number of hydrogen-bond acceptors (Lipinski definition) is 3. The molecule has 0 saturated heterocycles. The normalized spacial score (nSPS) is 18.7. The van der Waals surface area contributed by atoms with Crippen LogP contribution in [-0.2, 0) is 4.57 Å². The van der Waals surface area contributed by atoms with Crippen molar-refractivity contribution in [1.82, 2.24) is 0 Å². The summed E-state index contributed by atoms with van der Waals surface area (Å²) in [4.78, 5) is 0. The van der Waals surface area contributed by atoms with E-state index >= 15 is 0 Å². The topological polar surface area (TPSA) is 35.5 Å². The van der Waals surface area contributed by atoms with Gasteiger partial charge >= 0.3 is 0 Å². The molecule has 0 spiro atoms. The van der Waals surface area contributed by atoms with Crippen LogP contribution in [0.2, 0.25) is 5.02 Å². The van der Waals surface area contributed by atoms with Gasteiger partial charge in [0.05, 0.1) is 10.6 Å². The molecule has 130 valence electrons. The first-order chi connectivity index (χ1) is 13.2. The van der Waals surface area contributed by atoms with Crippen molar-refractivity contribution < 1.29 is 14.0 Å². The van der Waals surface area contributed by atoms with E-state index in [4.69, 9.17) is 21.1 Å². The predicted octanol–water partition coefficient (Wildman–Crippen LogP) is 5.34. The molecule has 0 radical (unpaired) electrons. The Morgan fingerprint density at radius 1 is 0.704 bits per heavy atom. The van der Waals surface area contributed by atoms with E-state index < -0.39 is 7.14 Å². The summed E-state index contributed by atoms with van der Waals surface area (Å²) in [6.45, 7) is 0. The standard InChI is InChI=1S/C22H12ClO3P/c23-14-9-11-20-19(12-14)26-17-7-3-6-16-22(17)27(20,24)21-15-5-2-1-4-13(15)8-10-18(21)25-16/h1-12H. The Labute approximate surface area is 160 Å². The molecule has 3 nitrogen and oxygen atoms in total. The number of ether oxygens (including phenoxy) is 2. The third-order valence-electron chi connectivity index (χ3n) is 5.16. The minimum absolute atomic E-state index is 0.538. The molecule has 4 aromatic carbocycles. The van der Waals surface area contributed by atoms with Gasteiger partial charge in [-0.2, -0.15) is 0 Å². The highest BCUT2D eigenvalue weighted by atomic mass is 35.5. The van der Waals surface area contributed by atoms with Crippen LogP contribution in [0.25, 0.3) is 10.8 Å². The predicted molar refractivity (Wildman–Crippen MR) is 108 cm³/mol. The molecule has 0 bridgehead atoms. The Morgan fingerprint density at radius 3 is 2.30 bits per heavy atom. The lowest BCUT2D eigenvalue weighted by Crippen LogP contribution is -2.35. The van der Waals surface area contributed by atoms with Crippen molar-refractivity contribution in [3.05, 3.63) is 77.8 Å². The van der Waals surface area contributed by atoms with E-state index in [1.165, 1.54) is 0 Å². The Hall–Kier alpha value is -2.74. The number of fused-ring (bicyclic) bond motifs is 6. The maximum Gasteiger partial charge on any atom is 0.186 e. The zero-order valence-corrected chi connectivity index (χ0v) is 15.6. The van der Waals surface area contributed by atoms with Gasteiger partial charge in [0.1, 0.15) is 28.3 Å². The van der Waals surface area contributed by atoms with Gasteiger partial charge in [-0.15, -0.1) is 0 Å². The first kappa shape index (κ1) is 15.3. The van der Waals surface area contributed by atoms with E-state index in [2.05, 4.69) is 0 Å². The molecule has 2 aliphatic rings. The third kappa shape index (κ3) is 1.91. The van der Waals surface area contributed by atoms with Crippen LogP contribution in [0, 0.1) is 0 Å². The highest BCUT2D eigenvalue weighted by molar-refractivity contribution is 7.86.